The van der Waals surface area contributed by atoms with Crippen LogP contribution in [0.1, 0.15) is 11.1 Å². The summed E-state index contributed by atoms with van der Waals surface area (Å²) in [6.07, 6.45) is 0. The van der Waals surface area contributed by atoms with Crippen molar-refractivity contribution in [3.8, 4) is 22.4 Å². The van der Waals surface area contributed by atoms with Crippen LogP contribution in [-0.2, 0) is 7.05 Å². The molecule has 0 aliphatic carbocycles. The molecule has 0 saturated carbocycles. The molecule has 2 nitrogen and oxygen atoms in total. The number of aryl methyl sites for hydroxylation is 2. The number of fused-ring (bicyclic) bond motifs is 4. The summed E-state index contributed by atoms with van der Waals surface area (Å²) in [6.45, 7) is 11.6. The number of hydrogen-bond donors (Lipinski definition) is 0. The van der Waals surface area contributed by atoms with Gasteiger partial charge in [0.2, 0.25) is 11.2 Å². The van der Waals surface area contributed by atoms with Crippen LogP contribution in [-0.4, -0.2) is 8.07 Å². The molecule has 2 heterocycles. The summed E-state index contributed by atoms with van der Waals surface area (Å²) in [7, 11) is 0.803. The van der Waals surface area contributed by atoms with Gasteiger partial charge in [0.15, 0.2) is 0 Å². The van der Waals surface area contributed by atoms with Gasteiger partial charge in [-0.15, -0.1) is 0 Å². The molecule has 0 bridgehead atoms. The molecule has 36 heavy (non-hydrogen) atoms. The fourth-order valence-corrected chi connectivity index (χ4v) is 6.61. The lowest BCUT2D eigenvalue weighted by Crippen LogP contribution is -2.38. The Bertz CT molecular complexity index is 1790. The molecule has 6 rings (SSSR count). The number of hydrogen-bond acceptors (Lipinski definition) is 1. The molecule has 0 radical (unpaired) electrons. The van der Waals surface area contributed by atoms with Gasteiger partial charge in [0, 0.05) is 33.9 Å². The largest absolute Gasteiger partial charge is 0.454 e. The standard InChI is InChI=1S/C33H32NOSi/c1-21-19-28-27-14-10-13-26(23-11-8-7-9-12-23)32(27)35-33(28)31(22(21)2)30-17-15-24-20-25(36(4,5)6)16-18-29(24)34(30)3/h7-20H,1-6H3/q+1. The molecule has 0 fully saturated rings. The Kier molecular flexibility index (Phi) is 5.17. The predicted molar refractivity (Wildman–Crippen MR) is 156 cm³/mol. The van der Waals surface area contributed by atoms with Crippen molar-refractivity contribution in [2.75, 3.05) is 0 Å². The number of aromatic nitrogens is 1. The molecule has 0 aliphatic rings. The second-order valence-corrected chi connectivity index (χ2v) is 16.1. The Morgan fingerprint density at radius 1 is 0.722 bits per heavy atom. The van der Waals surface area contributed by atoms with Crippen LogP contribution in [0.5, 0.6) is 0 Å². The second kappa shape index (κ2) is 8.18. The van der Waals surface area contributed by atoms with E-state index in [4.69, 9.17) is 4.42 Å². The van der Waals surface area contributed by atoms with Crippen molar-refractivity contribution in [3.05, 3.63) is 96.1 Å². The Labute approximate surface area is 213 Å². The van der Waals surface area contributed by atoms with E-state index in [-0.39, 0.29) is 0 Å². The van der Waals surface area contributed by atoms with Crippen LogP contribution < -0.4 is 9.75 Å². The number of para-hydroxylation sites is 1. The molecule has 6 aromatic rings. The van der Waals surface area contributed by atoms with E-state index in [1.54, 1.807) is 0 Å². The smallest absolute Gasteiger partial charge is 0.216 e. The molecule has 3 heteroatoms. The zero-order chi connectivity index (χ0) is 25.2. The third-order valence-electron chi connectivity index (χ3n) is 7.69. The first-order valence-corrected chi connectivity index (χ1v) is 16.2. The van der Waals surface area contributed by atoms with Gasteiger partial charge in [0.1, 0.15) is 18.2 Å². The van der Waals surface area contributed by atoms with Crippen LogP contribution in [0, 0.1) is 13.8 Å². The summed E-state index contributed by atoms with van der Waals surface area (Å²) in [5, 5.41) is 5.12. The summed E-state index contributed by atoms with van der Waals surface area (Å²) in [5.41, 5.74) is 10.4. The van der Waals surface area contributed by atoms with Gasteiger partial charge in [0.05, 0.1) is 13.6 Å². The number of benzene rings is 4. The first kappa shape index (κ1) is 22.8. The average Bonchev–Trinajstić information content (AvgIpc) is 3.23. The van der Waals surface area contributed by atoms with E-state index in [1.165, 1.54) is 54.8 Å². The first-order chi connectivity index (χ1) is 17.2. The van der Waals surface area contributed by atoms with Crippen molar-refractivity contribution < 1.29 is 8.98 Å². The third kappa shape index (κ3) is 3.49. The van der Waals surface area contributed by atoms with Crippen LogP contribution in [0.25, 0.3) is 55.2 Å². The zero-order valence-electron chi connectivity index (χ0n) is 21.9. The fraction of sp³-hybridized carbons (Fsp3) is 0.182. The zero-order valence-corrected chi connectivity index (χ0v) is 22.9. The lowest BCUT2D eigenvalue weighted by atomic mass is 9.95. The summed E-state index contributed by atoms with van der Waals surface area (Å²) in [6, 6.07) is 30.8. The normalized spacial score (nSPS) is 12.2. The summed E-state index contributed by atoms with van der Waals surface area (Å²) in [4.78, 5) is 0. The van der Waals surface area contributed by atoms with Gasteiger partial charge in [-0.25, -0.2) is 0 Å². The van der Waals surface area contributed by atoms with Gasteiger partial charge in [-0.05, 0) is 48.7 Å². The SMILES string of the molecule is Cc1cc2c(oc3c(-c4ccccc4)cccc32)c(-c2ccc3cc([Si](C)(C)C)ccc3[n+]2C)c1C. The van der Waals surface area contributed by atoms with Crippen LogP contribution in [0.3, 0.4) is 0 Å². The molecule has 0 amide bonds. The van der Waals surface area contributed by atoms with Gasteiger partial charge < -0.3 is 4.42 Å². The summed E-state index contributed by atoms with van der Waals surface area (Å²) < 4.78 is 9.11. The molecular weight excluding hydrogens is 454 g/mol. The minimum absolute atomic E-state index is 0.952. The average molecular weight is 487 g/mol. The third-order valence-corrected chi connectivity index (χ3v) is 9.73. The lowest BCUT2D eigenvalue weighted by Gasteiger charge is -2.17. The van der Waals surface area contributed by atoms with Crippen LogP contribution in [0.4, 0.5) is 0 Å². The fourth-order valence-electron chi connectivity index (χ4n) is 5.43. The molecule has 0 N–H and O–H groups in total. The van der Waals surface area contributed by atoms with E-state index in [2.05, 4.69) is 130 Å². The maximum Gasteiger partial charge on any atom is 0.216 e. The number of rotatable bonds is 3. The Balaban J connectivity index is 1.65. The highest BCUT2D eigenvalue weighted by Gasteiger charge is 2.25. The Hall–Kier alpha value is -3.69. The van der Waals surface area contributed by atoms with Crippen molar-refractivity contribution in [1.82, 2.24) is 0 Å². The summed E-state index contributed by atoms with van der Waals surface area (Å²) >= 11 is 0. The van der Waals surface area contributed by atoms with E-state index in [9.17, 15) is 0 Å². The monoisotopic (exact) mass is 486 g/mol. The van der Waals surface area contributed by atoms with E-state index in [0.29, 0.717) is 0 Å². The first-order valence-electron chi connectivity index (χ1n) is 12.7. The topological polar surface area (TPSA) is 17.0 Å². The molecule has 0 saturated heterocycles. The number of furan rings is 1. The van der Waals surface area contributed by atoms with Crippen molar-refractivity contribution in [2.45, 2.75) is 33.5 Å². The highest BCUT2D eigenvalue weighted by atomic mass is 28.3. The maximum absolute atomic E-state index is 6.78. The van der Waals surface area contributed by atoms with Gasteiger partial charge in [-0.2, -0.15) is 4.57 Å². The number of pyridine rings is 1. The molecule has 0 aliphatic heterocycles. The van der Waals surface area contributed by atoms with Crippen LogP contribution >= 0.6 is 0 Å². The molecule has 178 valence electrons. The molecular formula is C33H32NOSi+. The van der Waals surface area contributed by atoms with Crippen molar-refractivity contribution in [3.63, 3.8) is 0 Å². The molecule has 0 atom stereocenters. The molecule has 0 spiro atoms. The minimum Gasteiger partial charge on any atom is -0.454 e. The Morgan fingerprint density at radius 2 is 1.50 bits per heavy atom. The quantitative estimate of drug-likeness (QED) is 0.183. The van der Waals surface area contributed by atoms with E-state index >= 15 is 0 Å². The highest BCUT2D eigenvalue weighted by molar-refractivity contribution is 6.88. The van der Waals surface area contributed by atoms with Crippen LogP contribution in [0.2, 0.25) is 19.6 Å². The highest BCUT2D eigenvalue weighted by Crippen LogP contribution is 2.41. The Morgan fingerprint density at radius 3 is 2.25 bits per heavy atom. The van der Waals surface area contributed by atoms with Gasteiger partial charge in [0.25, 0.3) is 0 Å². The predicted octanol–water partition coefficient (Wildman–Crippen LogP) is 8.06. The van der Waals surface area contributed by atoms with Gasteiger partial charge in [-0.1, -0.05) is 79.4 Å². The van der Waals surface area contributed by atoms with E-state index in [0.717, 1.165) is 16.7 Å². The van der Waals surface area contributed by atoms with Gasteiger partial charge >= 0.3 is 0 Å². The van der Waals surface area contributed by atoms with Crippen LogP contribution in [0.15, 0.2) is 89.3 Å². The molecule has 2 aromatic heterocycles. The minimum atomic E-state index is -1.37. The molecule has 4 aromatic carbocycles. The lowest BCUT2D eigenvalue weighted by molar-refractivity contribution is -0.633. The van der Waals surface area contributed by atoms with Crippen molar-refractivity contribution in [2.24, 2.45) is 7.05 Å². The van der Waals surface area contributed by atoms with Crippen molar-refractivity contribution in [1.29, 1.82) is 0 Å². The van der Waals surface area contributed by atoms with E-state index in [1.807, 2.05) is 0 Å². The second-order valence-electron chi connectivity index (χ2n) is 11.0. The summed E-state index contributed by atoms with van der Waals surface area (Å²) in [5.74, 6) is 0. The van der Waals surface area contributed by atoms with Gasteiger partial charge in [-0.3, -0.25) is 0 Å². The number of nitrogens with zero attached hydrogens (tertiary/aromatic N) is 1. The molecule has 0 unspecified atom stereocenters. The van der Waals surface area contributed by atoms with Crippen molar-refractivity contribution >= 4 is 46.1 Å². The van der Waals surface area contributed by atoms with E-state index < -0.39 is 8.07 Å². The maximum atomic E-state index is 6.78.